The summed E-state index contributed by atoms with van der Waals surface area (Å²) in [5, 5.41) is 6.06. The van der Waals surface area contributed by atoms with Gasteiger partial charge in [-0.25, -0.2) is 10.9 Å². The van der Waals surface area contributed by atoms with E-state index in [0.717, 1.165) is 0 Å². The number of pyridine rings is 1. The van der Waals surface area contributed by atoms with Gasteiger partial charge in [0.2, 0.25) is 0 Å². The standard InChI is InChI=1S/C10H9N5O2/c11-13-9(16)7-4-8(14-15-10(7)17)6-2-1-3-12-5-6/h1-5H,11H2,(H,13,16)(H,15,17). The summed E-state index contributed by atoms with van der Waals surface area (Å²) in [6.45, 7) is 0. The first-order chi connectivity index (χ1) is 8.22. The van der Waals surface area contributed by atoms with E-state index in [2.05, 4.69) is 15.2 Å². The van der Waals surface area contributed by atoms with Gasteiger partial charge in [-0.3, -0.25) is 20.0 Å². The summed E-state index contributed by atoms with van der Waals surface area (Å²) in [6.07, 6.45) is 3.19. The molecule has 2 heterocycles. The maximum absolute atomic E-state index is 11.4. The van der Waals surface area contributed by atoms with Crippen LogP contribution in [-0.4, -0.2) is 21.1 Å². The molecule has 7 nitrogen and oxygen atoms in total. The molecule has 0 aliphatic rings. The Hall–Kier alpha value is -2.54. The molecule has 4 N–H and O–H groups in total. The molecule has 0 unspecified atom stereocenters. The lowest BCUT2D eigenvalue weighted by molar-refractivity contribution is 0.0952. The number of hydrogen-bond acceptors (Lipinski definition) is 5. The highest BCUT2D eigenvalue weighted by atomic mass is 16.2. The van der Waals surface area contributed by atoms with Crippen molar-refractivity contribution in [3.05, 3.63) is 46.5 Å². The van der Waals surface area contributed by atoms with Crippen molar-refractivity contribution in [2.45, 2.75) is 0 Å². The third kappa shape index (κ3) is 2.18. The number of aromatic amines is 1. The van der Waals surface area contributed by atoms with Crippen LogP contribution in [0.15, 0.2) is 35.4 Å². The van der Waals surface area contributed by atoms with E-state index in [0.29, 0.717) is 11.3 Å². The molecule has 1 amide bonds. The number of nitrogen functional groups attached to an aromatic ring is 1. The van der Waals surface area contributed by atoms with Crippen molar-refractivity contribution < 1.29 is 4.79 Å². The van der Waals surface area contributed by atoms with Gasteiger partial charge in [0.25, 0.3) is 11.5 Å². The van der Waals surface area contributed by atoms with E-state index in [9.17, 15) is 9.59 Å². The number of hydrazine groups is 1. The lowest BCUT2D eigenvalue weighted by atomic mass is 10.1. The summed E-state index contributed by atoms with van der Waals surface area (Å²) >= 11 is 0. The number of nitrogens with zero attached hydrogens (tertiary/aromatic N) is 2. The summed E-state index contributed by atoms with van der Waals surface area (Å²) in [5.74, 6) is 4.31. The topological polar surface area (TPSA) is 114 Å². The van der Waals surface area contributed by atoms with E-state index in [1.165, 1.54) is 6.07 Å². The summed E-state index contributed by atoms with van der Waals surface area (Å²) < 4.78 is 0. The zero-order chi connectivity index (χ0) is 12.3. The van der Waals surface area contributed by atoms with Crippen LogP contribution in [0.1, 0.15) is 10.4 Å². The number of nitrogens with one attached hydrogen (secondary N) is 2. The molecule has 0 atom stereocenters. The number of carbonyl (C=O) groups is 1. The Kier molecular flexibility index (Phi) is 2.93. The molecule has 0 fully saturated rings. The van der Waals surface area contributed by atoms with Crippen molar-refractivity contribution in [3.63, 3.8) is 0 Å². The zero-order valence-corrected chi connectivity index (χ0v) is 8.68. The van der Waals surface area contributed by atoms with Gasteiger partial charge < -0.3 is 0 Å². The van der Waals surface area contributed by atoms with Crippen LogP contribution in [-0.2, 0) is 0 Å². The van der Waals surface area contributed by atoms with Gasteiger partial charge in [-0.15, -0.1) is 0 Å². The molecule has 7 heteroatoms. The first-order valence-electron chi connectivity index (χ1n) is 4.73. The van der Waals surface area contributed by atoms with E-state index < -0.39 is 11.5 Å². The van der Waals surface area contributed by atoms with Crippen LogP contribution < -0.4 is 16.8 Å². The predicted molar refractivity (Wildman–Crippen MR) is 59.7 cm³/mol. The van der Waals surface area contributed by atoms with Gasteiger partial charge in [0.15, 0.2) is 0 Å². The predicted octanol–water partition coefficient (Wildman–Crippen LogP) is -0.565. The van der Waals surface area contributed by atoms with Crippen LogP contribution in [0, 0.1) is 0 Å². The van der Waals surface area contributed by atoms with Crippen molar-refractivity contribution in [1.82, 2.24) is 20.6 Å². The monoisotopic (exact) mass is 231 g/mol. The minimum atomic E-state index is -0.668. The second-order valence-corrected chi connectivity index (χ2v) is 3.21. The molecule has 86 valence electrons. The smallest absolute Gasteiger partial charge is 0.277 e. The zero-order valence-electron chi connectivity index (χ0n) is 8.68. The summed E-state index contributed by atoms with van der Waals surface area (Å²) in [5.41, 5.74) is 2.34. The highest BCUT2D eigenvalue weighted by Gasteiger charge is 2.11. The van der Waals surface area contributed by atoms with Crippen LogP contribution in [0.3, 0.4) is 0 Å². The summed E-state index contributed by atoms with van der Waals surface area (Å²) in [4.78, 5) is 26.6. The Bertz CT molecular complexity index is 593. The minimum Gasteiger partial charge on any atom is -0.290 e. The normalized spacial score (nSPS) is 9.94. The molecule has 0 aliphatic heterocycles. The number of H-pyrrole nitrogens is 1. The molecule has 0 saturated carbocycles. The first kappa shape index (κ1) is 11.0. The number of carbonyl (C=O) groups excluding carboxylic acids is 1. The summed E-state index contributed by atoms with van der Waals surface area (Å²) in [7, 11) is 0. The molecule has 17 heavy (non-hydrogen) atoms. The fourth-order valence-electron chi connectivity index (χ4n) is 1.31. The van der Waals surface area contributed by atoms with Gasteiger partial charge in [-0.1, -0.05) is 0 Å². The fraction of sp³-hybridized carbons (Fsp3) is 0. The molecule has 0 aliphatic carbocycles. The second-order valence-electron chi connectivity index (χ2n) is 3.21. The average Bonchev–Trinajstić information content (AvgIpc) is 2.39. The first-order valence-corrected chi connectivity index (χ1v) is 4.73. The Balaban J connectivity index is 2.52. The molecule has 2 rings (SSSR count). The molecular formula is C10H9N5O2. The number of nitrogens with two attached hydrogens (primary N) is 1. The second kappa shape index (κ2) is 4.54. The molecule has 0 aromatic carbocycles. The van der Waals surface area contributed by atoms with Crippen molar-refractivity contribution in [3.8, 4) is 11.3 Å². The van der Waals surface area contributed by atoms with Gasteiger partial charge in [0.1, 0.15) is 5.56 Å². The number of aromatic nitrogens is 3. The van der Waals surface area contributed by atoms with Crippen LogP contribution in [0.25, 0.3) is 11.3 Å². The molecule has 0 radical (unpaired) electrons. The molecule has 2 aromatic rings. The SMILES string of the molecule is NNC(=O)c1cc(-c2cccnc2)n[nH]c1=O. The number of hydrogen-bond donors (Lipinski definition) is 3. The maximum Gasteiger partial charge on any atom is 0.277 e. The number of amides is 1. The minimum absolute atomic E-state index is 0.0960. The average molecular weight is 231 g/mol. The van der Waals surface area contributed by atoms with E-state index in [1.807, 2.05) is 5.43 Å². The largest absolute Gasteiger partial charge is 0.290 e. The highest BCUT2D eigenvalue weighted by molar-refractivity contribution is 5.94. The Morgan fingerprint density at radius 2 is 2.29 bits per heavy atom. The third-order valence-corrected chi connectivity index (χ3v) is 2.14. The summed E-state index contributed by atoms with van der Waals surface area (Å²) in [6, 6.07) is 4.85. The van der Waals surface area contributed by atoms with Crippen LogP contribution in [0.5, 0.6) is 0 Å². The molecule has 0 spiro atoms. The van der Waals surface area contributed by atoms with E-state index >= 15 is 0 Å². The third-order valence-electron chi connectivity index (χ3n) is 2.14. The maximum atomic E-state index is 11.4. The van der Waals surface area contributed by atoms with Crippen molar-refractivity contribution >= 4 is 5.91 Å². The van der Waals surface area contributed by atoms with Gasteiger partial charge in [0.05, 0.1) is 5.69 Å². The molecule has 0 saturated heterocycles. The van der Waals surface area contributed by atoms with Gasteiger partial charge in [0, 0.05) is 18.0 Å². The Morgan fingerprint density at radius 3 is 2.94 bits per heavy atom. The highest BCUT2D eigenvalue weighted by Crippen LogP contribution is 2.13. The lowest BCUT2D eigenvalue weighted by Crippen LogP contribution is -2.34. The van der Waals surface area contributed by atoms with E-state index in [1.54, 1.807) is 24.5 Å². The van der Waals surface area contributed by atoms with Crippen LogP contribution in [0.4, 0.5) is 0 Å². The van der Waals surface area contributed by atoms with Crippen LogP contribution >= 0.6 is 0 Å². The Morgan fingerprint density at radius 1 is 1.47 bits per heavy atom. The van der Waals surface area contributed by atoms with E-state index in [4.69, 9.17) is 5.84 Å². The van der Waals surface area contributed by atoms with Crippen molar-refractivity contribution in [1.29, 1.82) is 0 Å². The van der Waals surface area contributed by atoms with Gasteiger partial charge in [-0.2, -0.15) is 5.10 Å². The lowest BCUT2D eigenvalue weighted by Gasteiger charge is -2.02. The molecular weight excluding hydrogens is 222 g/mol. The Labute approximate surface area is 95.7 Å². The van der Waals surface area contributed by atoms with E-state index in [-0.39, 0.29) is 5.56 Å². The molecule has 2 aromatic heterocycles. The number of rotatable bonds is 2. The quantitative estimate of drug-likeness (QED) is 0.364. The van der Waals surface area contributed by atoms with Crippen LogP contribution in [0.2, 0.25) is 0 Å². The van der Waals surface area contributed by atoms with Gasteiger partial charge >= 0.3 is 0 Å². The van der Waals surface area contributed by atoms with Gasteiger partial charge in [-0.05, 0) is 18.2 Å². The van der Waals surface area contributed by atoms with Crippen molar-refractivity contribution in [2.24, 2.45) is 5.84 Å². The molecule has 0 bridgehead atoms. The van der Waals surface area contributed by atoms with Crippen molar-refractivity contribution in [2.75, 3.05) is 0 Å². The fourth-order valence-corrected chi connectivity index (χ4v) is 1.31.